The number of nitrogens with zero attached hydrogens (tertiary/aromatic N) is 2. The number of fused-ring (bicyclic) bond motifs is 4. The highest BCUT2D eigenvalue weighted by molar-refractivity contribution is 14.1. The van der Waals surface area contributed by atoms with Crippen molar-refractivity contribution in [2.75, 3.05) is 16.4 Å². The number of halogens is 1. The van der Waals surface area contributed by atoms with Gasteiger partial charge in [0.25, 0.3) is 0 Å². The monoisotopic (exact) mass is 702 g/mol. The molecule has 4 amide bonds. The molecule has 0 aromatic heterocycles. The molecule has 1 N–H and O–H groups in total. The van der Waals surface area contributed by atoms with Gasteiger partial charge in [-0.25, -0.2) is 4.90 Å². The third-order valence-corrected chi connectivity index (χ3v) is 10.7. The van der Waals surface area contributed by atoms with Gasteiger partial charge in [0.2, 0.25) is 23.6 Å². The number of rotatable bonds is 5. The van der Waals surface area contributed by atoms with E-state index in [0.29, 0.717) is 24.4 Å². The smallest absolute Gasteiger partial charge is 0.241 e. The number of phenolic OH excluding ortho intramolecular Hbond substituents is 1. The second-order valence-electron chi connectivity index (χ2n) is 12.1. The highest BCUT2D eigenvalue weighted by Crippen LogP contribution is 2.64. The molecule has 1 saturated carbocycles. The Morgan fingerprint density at radius 3 is 2.30 bits per heavy atom. The lowest BCUT2D eigenvalue weighted by molar-refractivity contribution is -0.131. The van der Waals surface area contributed by atoms with Crippen molar-refractivity contribution >= 4 is 57.6 Å². The van der Waals surface area contributed by atoms with Gasteiger partial charge in [-0.1, -0.05) is 35.9 Å². The number of carbonyl (C=O) groups excluding carboxylic acids is 4. The minimum Gasteiger partial charge on any atom is -0.504 e. The lowest BCUT2D eigenvalue weighted by Crippen LogP contribution is -2.48. The lowest BCUT2D eigenvalue weighted by atomic mass is 9.51. The molecule has 2 heterocycles. The molecule has 6 unspecified atom stereocenters. The van der Waals surface area contributed by atoms with Crippen LogP contribution in [0.5, 0.6) is 11.5 Å². The molecule has 4 aliphatic rings. The van der Waals surface area contributed by atoms with E-state index in [9.17, 15) is 24.3 Å². The molecule has 0 spiro atoms. The maximum absolute atomic E-state index is 14.5. The van der Waals surface area contributed by atoms with Gasteiger partial charge in [-0.2, -0.15) is 0 Å². The average molecular weight is 703 g/mol. The van der Waals surface area contributed by atoms with Crippen LogP contribution in [-0.2, 0) is 19.2 Å². The largest absolute Gasteiger partial charge is 0.504 e. The summed E-state index contributed by atoms with van der Waals surface area (Å²) in [7, 11) is 0. The van der Waals surface area contributed by atoms with Crippen LogP contribution in [-0.4, -0.2) is 35.3 Å². The summed E-state index contributed by atoms with van der Waals surface area (Å²) >= 11 is 2.18. The number of para-hydroxylation sites is 1. The number of amides is 4. The molecule has 8 nitrogen and oxygen atoms in total. The molecule has 44 heavy (non-hydrogen) atoms. The summed E-state index contributed by atoms with van der Waals surface area (Å²) in [4.78, 5) is 59.3. The zero-order valence-corrected chi connectivity index (χ0v) is 26.4. The topological polar surface area (TPSA) is 104 Å². The number of phenols is 1. The Hall–Kier alpha value is -3.99. The summed E-state index contributed by atoms with van der Waals surface area (Å²) in [5.74, 6) is -3.74. The van der Waals surface area contributed by atoms with Gasteiger partial charge in [0.15, 0.2) is 11.5 Å². The van der Waals surface area contributed by atoms with Crippen molar-refractivity contribution in [3.05, 3.63) is 93.6 Å². The fourth-order valence-electron chi connectivity index (χ4n) is 8.04. The molecule has 3 fully saturated rings. The van der Waals surface area contributed by atoms with Crippen LogP contribution >= 0.6 is 22.6 Å². The second kappa shape index (κ2) is 10.6. The molecule has 9 heteroatoms. The van der Waals surface area contributed by atoms with Gasteiger partial charge in [-0.3, -0.25) is 24.1 Å². The SMILES string of the molecule is CCOc1cc(C2C3=CCC4C(=O)N(c5ccc(I)cc5)C(=O)C4C3CC3C(=O)N(c4ccccc4)C(=O)C32C)ccc1O. The summed E-state index contributed by atoms with van der Waals surface area (Å²) in [5, 5.41) is 10.5. The molecule has 2 saturated heterocycles. The number of carbonyl (C=O) groups is 4. The third-order valence-electron chi connectivity index (χ3n) is 9.99. The van der Waals surface area contributed by atoms with E-state index in [0.717, 1.165) is 14.7 Å². The van der Waals surface area contributed by atoms with Crippen molar-refractivity contribution in [2.45, 2.75) is 32.6 Å². The molecule has 2 aliphatic carbocycles. The number of benzene rings is 3. The van der Waals surface area contributed by atoms with Crippen LogP contribution in [0.3, 0.4) is 0 Å². The van der Waals surface area contributed by atoms with Gasteiger partial charge in [0, 0.05) is 9.49 Å². The van der Waals surface area contributed by atoms with Crippen molar-refractivity contribution < 1.29 is 29.0 Å². The van der Waals surface area contributed by atoms with Crippen molar-refractivity contribution in [1.29, 1.82) is 0 Å². The molecule has 0 bridgehead atoms. The van der Waals surface area contributed by atoms with Crippen molar-refractivity contribution in [3.63, 3.8) is 0 Å². The molecular weight excluding hydrogens is 671 g/mol. The van der Waals surface area contributed by atoms with E-state index in [1.807, 2.05) is 38.1 Å². The van der Waals surface area contributed by atoms with E-state index >= 15 is 0 Å². The summed E-state index contributed by atoms with van der Waals surface area (Å²) in [6.45, 7) is 4.01. The van der Waals surface area contributed by atoms with Gasteiger partial charge >= 0.3 is 0 Å². The first-order valence-corrected chi connectivity index (χ1v) is 16.0. The minimum absolute atomic E-state index is 0.0215. The molecule has 6 atom stereocenters. The predicted octanol–water partition coefficient (Wildman–Crippen LogP) is 5.83. The summed E-state index contributed by atoms with van der Waals surface area (Å²) < 4.78 is 6.72. The predicted molar refractivity (Wildman–Crippen MR) is 172 cm³/mol. The Labute approximate surface area is 268 Å². The summed E-state index contributed by atoms with van der Waals surface area (Å²) in [5.41, 5.74) is 1.49. The standard InChI is InChI=1S/C35H31IN2O6/c1-3-44-28-17-19(9-16-27(28)39)30-23-14-15-24-29(33(42)37(31(24)40)22-12-10-20(36)11-13-22)25(23)18-26-32(41)38(34(43)35(26,30)2)21-7-5-4-6-8-21/h4-14,16-17,24-26,29-30,39H,3,15,18H2,1-2H3. The maximum atomic E-state index is 14.5. The van der Waals surface area contributed by atoms with Gasteiger partial charge in [0.05, 0.1) is 41.2 Å². The van der Waals surface area contributed by atoms with E-state index in [4.69, 9.17) is 4.74 Å². The first-order valence-electron chi connectivity index (χ1n) is 14.9. The third kappa shape index (κ3) is 4.08. The van der Waals surface area contributed by atoms with Gasteiger partial charge < -0.3 is 9.84 Å². The fraction of sp³-hybridized carbons (Fsp3) is 0.314. The average Bonchev–Trinajstić information content (AvgIpc) is 3.39. The molecule has 2 aliphatic heterocycles. The van der Waals surface area contributed by atoms with Crippen LogP contribution in [0.25, 0.3) is 0 Å². The van der Waals surface area contributed by atoms with Gasteiger partial charge in [0.1, 0.15) is 0 Å². The zero-order valence-electron chi connectivity index (χ0n) is 24.3. The molecule has 3 aromatic rings. The minimum atomic E-state index is -1.16. The number of hydrogen-bond donors (Lipinski definition) is 1. The molecular formula is C35H31IN2O6. The van der Waals surface area contributed by atoms with E-state index in [1.54, 1.807) is 54.6 Å². The highest BCUT2D eigenvalue weighted by atomic mass is 127. The fourth-order valence-corrected chi connectivity index (χ4v) is 8.40. The number of hydrogen-bond acceptors (Lipinski definition) is 6. The quantitative estimate of drug-likeness (QED) is 0.204. The zero-order chi connectivity index (χ0) is 30.9. The first-order chi connectivity index (χ1) is 21.2. The highest BCUT2D eigenvalue weighted by Gasteiger charge is 2.67. The van der Waals surface area contributed by atoms with Crippen LogP contribution in [0.4, 0.5) is 11.4 Å². The number of ether oxygens (including phenoxy) is 1. The number of aromatic hydroxyl groups is 1. The summed E-state index contributed by atoms with van der Waals surface area (Å²) in [6, 6.07) is 21.3. The van der Waals surface area contributed by atoms with Gasteiger partial charge in [-0.05, 0) is 109 Å². The molecule has 3 aromatic carbocycles. The maximum Gasteiger partial charge on any atom is 0.241 e. The molecule has 224 valence electrons. The first kappa shape index (κ1) is 28.8. The van der Waals surface area contributed by atoms with E-state index in [1.165, 1.54) is 9.80 Å². The van der Waals surface area contributed by atoms with Crippen molar-refractivity contribution in [3.8, 4) is 11.5 Å². The number of anilines is 2. The van der Waals surface area contributed by atoms with Crippen LogP contribution in [0.15, 0.2) is 84.4 Å². The molecule has 7 rings (SSSR count). The van der Waals surface area contributed by atoms with Crippen molar-refractivity contribution in [2.24, 2.45) is 29.1 Å². The van der Waals surface area contributed by atoms with Crippen LogP contribution in [0.2, 0.25) is 0 Å². The number of allylic oxidation sites excluding steroid dienone is 2. The lowest BCUT2D eigenvalue weighted by Gasteiger charge is -2.49. The Bertz CT molecular complexity index is 1740. The summed E-state index contributed by atoms with van der Waals surface area (Å²) in [6.07, 6.45) is 2.67. The Kier molecular flexibility index (Phi) is 6.91. The molecule has 0 radical (unpaired) electrons. The van der Waals surface area contributed by atoms with Crippen LogP contribution in [0, 0.1) is 32.7 Å². The van der Waals surface area contributed by atoms with Crippen LogP contribution in [0.1, 0.15) is 38.2 Å². The Balaban J connectivity index is 1.37. The van der Waals surface area contributed by atoms with E-state index < -0.39 is 35.0 Å². The van der Waals surface area contributed by atoms with Gasteiger partial charge in [-0.15, -0.1) is 0 Å². The normalized spacial score (nSPS) is 29.3. The second-order valence-corrected chi connectivity index (χ2v) is 13.4. The Morgan fingerprint density at radius 1 is 0.886 bits per heavy atom. The number of imide groups is 2. The Morgan fingerprint density at radius 2 is 1.59 bits per heavy atom. The van der Waals surface area contributed by atoms with E-state index in [-0.39, 0.29) is 41.5 Å². The van der Waals surface area contributed by atoms with Crippen molar-refractivity contribution in [1.82, 2.24) is 0 Å². The van der Waals surface area contributed by atoms with Crippen LogP contribution < -0.4 is 14.5 Å². The van der Waals surface area contributed by atoms with E-state index in [2.05, 4.69) is 22.6 Å².